The van der Waals surface area contributed by atoms with Gasteiger partial charge in [0.1, 0.15) is 29.2 Å². The molecule has 1 saturated heterocycles. The molecule has 2 aromatic carbocycles. The first kappa shape index (κ1) is 31.5. The zero-order valence-electron chi connectivity index (χ0n) is 25.3. The molecule has 11 nitrogen and oxygen atoms in total. The molecular formula is C31H34F3N7O4. The number of anilines is 1. The van der Waals surface area contributed by atoms with E-state index in [0.717, 1.165) is 36.6 Å². The summed E-state index contributed by atoms with van der Waals surface area (Å²) in [7, 11) is 1.28. The number of piperidine rings is 1. The number of hydrogen-bond donors (Lipinski definition) is 2. The van der Waals surface area contributed by atoms with Gasteiger partial charge in [-0.3, -0.25) is 4.79 Å². The smallest absolute Gasteiger partial charge is 0.416 e. The van der Waals surface area contributed by atoms with Crippen molar-refractivity contribution in [2.75, 3.05) is 25.9 Å². The molecule has 2 amide bonds. The minimum Gasteiger partial charge on any atom is -0.496 e. The van der Waals surface area contributed by atoms with E-state index < -0.39 is 23.2 Å². The number of carbonyl (C=O) groups excluding carboxylic acids is 2. The predicted octanol–water partition coefficient (Wildman–Crippen LogP) is 5.60. The van der Waals surface area contributed by atoms with E-state index in [4.69, 9.17) is 20.3 Å². The summed E-state index contributed by atoms with van der Waals surface area (Å²) >= 11 is 0. The molecule has 1 atom stereocenters. The molecule has 14 heteroatoms. The first-order valence-corrected chi connectivity index (χ1v) is 14.3. The highest BCUT2D eigenvalue weighted by Gasteiger charge is 2.33. The van der Waals surface area contributed by atoms with Gasteiger partial charge < -0.3 is 25.4 Å². The van der Waals surface area contributed by atoms with Crippen LogP contribution in [0.15, 0.2) is 48.8 Å². The van der Waals surface area contributed by atoms with E-state index in [2.05, 4.69) is 15.3 Å². The van der Waals surface area contributed by atoms with Gasteiger partial charge in [0, 0.05) is 25.2 Å². The van der Waals surface area contributed by atoms with Crippen molar-refractivity contribution >= 4 is 28.9 Å². The number of nitrogens with zero attached hydrogens (tertiary/aromatic N) is 5. The maximum Gasteiger partial charge on any atom is 0.416 e. The number of benzene rings is 2. The SMILES string of the molecule is COc1ccc(C(F)(F)F)cc1C(=O)NCc1ccc(-c2nn([C@@H]3CCCN(C(=O)OC(C)(C)C)C3)c3ncnc(N)c23)cc1. The van der Waals surface area contributed by atoms with Crippen molar-refractivity contribution in [1.29, 1.82) is 0 Å². The first-order valence-electron chi connectivity index (χ1n) is 14.3. The van der Waals surface area contributed by atoms with Gasteiger partial charge in [-0.15, -0.1) is 0 Å². The van der Waals surface area contributed by atoms with Crippen molar-refractivity contribution in [2.45, 2.75) is 58.0 Å². The molecule has 4 aromatic rings. The lowest BCUT2D eigenvalue weighted by Gasteiger charge is -2.34. The van der Waals surface area contributed by atoms with E-state index in [9.17, 15) is 22.8 Å². The number of rotatable bonds is 6. The number of nitrogens with one attached hydrogen (secondary N) is 1. The van der Waals surface area contributed by atoms with E-state index in [1.807, 2.05) is 20.8 Å². The van der Waals surface area contributed by atoms with E-state index in [1.165, 1.54) is 13.4 Å². The fraction of sp³-hybridized carbons (Fsp3) is 0.387. The number of amides is 2. The van der Waals surface area contributed by atoms with Crippen LogP contribution >= 0.6 is 0 Å². The average Bonchev–Trinajstić information content (AvgIpc) is 3.39. The summed E-state index contributed by atoms with van der Waals surface area (Å²) in [6.45, 7) is 6.50. The van der Waals surface area contributed by atoms with E-state index >= 15 is 0 Å². The number of halogens is 3. The number of ether oxygens (including phenoxy) is 2. The summed E-state index contributed by atoms with van der Waals surface area (Å²) in [6, 6.07) is 9.74. The van der Waals surface area contributed by atoms with Crippen LogP contribution in [0.2, 0.25) is 0 Å². The number of nitrogens with two attached hydrogens (primary N) is 1. The van der Waals surface area contributed by atoms with E-state index in [0.29, 0.717) is 35.4 Å². The summed E-state index contributed by atoms with van der Waals surface area (Å²) in [5.74, 6) is -0.415. The fourth-order valence-corrected chi connectivity index (χ4v) is 5.22. The number of fused-ring (bicyclic) bond motifs is 1. The van der Waals surface area contributed by atoms with Gasteiger partial charge in [0.15, 0.2) is 5.65 Å². The maximum atomic E-state index is 13.2. The Morgan fingerprint density at radius 2 is 1.82 bits per heavy atom. The van der Waals surface area contributed by atoms with Gasteiger partial charge in [-0.1, -0.05) is 24.3 Å². The van der Waals surface area contributed by atoms with Crippen molar-refractivity contribution in [3.63, 3.8) is 0 Å². The molecule has 0 spiro atoms. The molecule has 0 radical (unpaired) electrons. The summed E-state index contributed by atoms with van der Waals surface area (Å²) < 4.78 is 52.1. The standard InChI is InChI=1S/C31H34F3N7O4/c1-30(2,3)45-29(43)40-13-5-6-21(16-40)41-27-24(26(35)37-17-38-27)25(39-41)19-9-7-18(8-10-19)15-36-28(42)22-14-20(31(32,33)34)11-12-23(22)44-4/h7-12,14,17,21H,5-6,13,15-16H2,1-4H3,(H,36,42)(H2,35,37,38)/t21-/m1/s1. The van der Waals surface area contributed by atoms with Crippen LogP contribution in [0.3, 0.4) is 0 Å². The predicted molar refractivity (Wildman–Crippen MR) is 160 cm³/mol. The minimum atomic E-state index is -4.60. The molecule has 0 bridgehead atoms. The normalized spacial score (nSPS) is 15.6. The quantitative estimate of drug-likeness (QED) is 0.282. The third-order valence-corrected chi connectivity index (χ3v) is 7.36. The molecule has 1 fully saturated rings. The maximum absolute atomic E-state index is 13.2. The molecule has 2 aromatic heterocycles. The Bertz CT molecular complexity index is 1720. The van der Waals surface area contributed by atoms with Crippen LogP contribution in [0, 0.1) is 0 Å². The number of hydrogen-bond acceptors (Lipinski definition) is 8. The van der Waals surface area contributed by atoms with E-state index in [-0.39, 0.29) is 35.8 Å². The number of carbonyl (C=O) groups is 2. The van der Waals surface area contributed by atoms with Crippen LogP contribution in [-0.2, 0) is 17.5 Å². The zero-order valence-corrected chi connectivity index (χ0v) is 25.3. The lowest BCUT2D eigenvalue weighted by molar-refractivity contribution is -0.137. The minimum absolute atomic E-state index is 0.0327. The highest BCUT2D eigenvalue weighted by Crippen LogP contribution is 2.35. The lowest BCUT2D eigenvalue weighted by atomic mass is 10.1. The first-order chi connectivity index (χ1) is 21.2. The van der Waals surface area contributed by atoms with Crippen LogP contribution in [0.25, 0.3) is 22.3 Å². The fourth-order valence-electron chi connectivity index (χ4n) is 5.22. The number of nitrogen functional groups attached to an aromatic ring is 1. The zero-order chi connectivity index (χ0) is 32.5. The second-order valence-corrected chi connectivity index (χ2v) is 11.8. The van der Waals surface area contributed by atoms with Crippen molar-refractivity contribution in [3.8, 4) is 17.0 Å². The third-order valence-electron chi connectivity index (χ3n) is 7.36. The largest absolute Gasteiger partial charge is 0.496 e. The topological polar surface area (TPSA) is 137 Å². The Kier molecular flexibility index (Phi) is 8.59. The number of aromatic nitrogens is 4. The monoisotopic (exact) mass is 625 g/mol. The van der Waals surface area contributed by atoms with Crippen molar-refractivity contribution in [1.82, 2.24) is 30.0 Å². The molecule has 45 heavy (non-hydrogen) atoms. The number of likely N-dealkylation sites (tertiary alicyclic amines) is 1. The van der Waals surface area contributed by atoms with Crippen LogP contribution in [0.4, 0.5) is 23.8 Å². The number of alkyl halides is 3. The molecule has 1 aliphatic rings. The molecule has 3 N–H and O–H groups in total. The molecular weight excluding hydrogens is 591 g/mol. The number of methoxy groups -OCH3 is 1. The van der Waals surface area contributed by atoms with Crippen molar-refractivity contribution in [3.05, 3.63) is 65.5 Å². The molecule has 1 aliphatic heterocycles. The van der Waals surface area contributed by atoms with Crippen LogP contribution in [0.1, 0.15) is 61.1 Å². The Labute approximate surface area is 257 Å². The molecule has 0 unspecified atom stereocenters. The van der Waals surface area contributed by atoms with Gasteiger partial charge in [-0.05, 0) is 57.4 Å². The van der Waals surface area contributed by atoms with Gasteiger partial charge in [-0.25, -0.2) is 19.4 Å². The highest BCUT2D eigenvalue weighted by atomic mass is 19.4. The second-order valence-electron chi connectivity index (χ2n) is 11.8. The van der Waals surface area contributed by atoms with Gasteiger partial charge in [0.25, 0.3) is 5.91 Å². The van der Waals surface area contributed by atoms with Gasteiger partial charge in [-0.2, -0.15) is 18.3 Å². The Morgan fingerprint density at radius 3 is 2.49 bits per heavy atom. The molecule has 5 rings (SSSR count). The van der Waals surface area contributed by atoms with Crippen LogP contribution in [0.5, 0.6) is 5.75 Å². The van der Waals surface area contributed by atoms with Crippen molar-refractivity contribution in [2.24, 2.45) is 0 Å². The molecule has 0 saturated carbocycles. The molecule has 0 aliphatic carbocycles. The second kappa shape index (κ2) is 12.3. The molecule has 3 heterocycles. The Balaban J connectivity index is 1.36. The highest BCUT2D eigenvalue weighted by molar-refractivity contribution is 5.98. The summed E-state index contributed by atoms with van der Waals surface area (Å²) in [6.07, 6.45) is -2.08. The third kappa shape index (κ3) is 6.94. The summed E-state index contributed by atoms with van der Waals surface area (Å²) in [5.41, 5.74) is 7.03. The van der Waals surface area contributed by atoms with Crippen LogP contribution in [-0.4, -0.2) is 62.4 Å². The summed E-state index contributed by atoms with van der Waals surface area (Å²) in [5, 5.41) is 8.11. The lowest BCUT2D eigenvalue weighted by Crippen LogP contribution is -2.43. The summed E-state index contributed by atoms with van der Waals surface area (Å²) in [4.78, 5) is 35.9. The average molecular weight is 626 g/mol. The van der Waals surface area contributed by atoms with Crippen molar-refractivity contribution < 1.29 is 32.2 Å². The van der Waals surface area contributed by atoms with Gasteiger partial charge in [0.2, 0.25) is 0 Å². The molecule has 238 valence electrons. The van der Waals surface area contributed by atoms with E-state index in [1.54, 1.807) is 33.8 Å². The van der Waals surface area contributed by atoms with Gasteiger partial charge in [0.05, 0.1) is 29.7 Å². The Hall–Kier alpha value is -4.88. The van der Waals surface area contributed by atoms with Gasteiger partial charge >= 0.3 is 12.3 Å². The Morgan fingerprint density at radius 1 is 1.09 bits per heavy atom. The van der Waals surface area contributed by atoms with Crippen LogP contribution < -0.4 is 15.8 Å².